The summed E-state index contributed by atoms with van der Waals surface area (Å²) in [5, 5.41) is 2.97. The Balaban J connectivity index is 1.74. The molecule has 0 saturated carbocycles. The molecule has 9 heteroatoms. The molecule has 3 amide bonds. The second kappa shape index (κ2) is 10.2. The van der Waals surface area contributed by atoms with Crippen molar-refractivity contribution in [2.75, 3.05) is 6.61 Å². The second-order valence-electron chi connectivity index (χ2n) is 6.18. The van der Waals surface area contributed by atoms with Gasteiger partial charge in [-0.05, 0) is 50.2 Å². The van der Waals surface area contributed by atoms with E-state index in [0.717, 1.165) is 5.56 Å². The van der Waals surface area contributed by atoms with Crippen LogP contribution in [0.4, 0.5) is 0 Å². The molecule has 0 spiro atoms. The highest BCUT2D eigenvalue weighted by molar-refractivity contribution is 6.30. The lowest BCUT2D eigenvalue weighted by Gasteiger charge is -2.14. The fourth-order valence-corrected chi connectivity index (χ4v) is 2.35. The first kappa shape index (κ1) is 21.9. The molecule has 1 atom stereocenters. The Labute approximate surface area is 172 Å². The molecule has 0 aromatic heterocycles. The second-order valence-corrected chi connectivity index (χ2v) is 6.62. The van der Waals surface area contributed by atoms with E-state index in [-0.39, 0.29) is 0 Å². The number of nitrogens with one attached hydrogen (secondary N) is 3. The van der Waals surface area contributed by atoms with Crippen LogP contribution >= 0.6 is 11.6 Å². The monoisotopic (exact) mass is 417 g/mol. The first-order chi connectivity index (χ1) is 13.8. The van der Waals surface area contributed by atoms with E-state index in [1.54, 1.807) is 18.2 Å². The topological polar surface area (TPSA) is 114 Å². The zero-order valence-electron chi connectivity index (χ0n) is 15.8. The summed E-state index contributed by atoms with van der Waals surface area (Å²) in [6.07, 6.45) is 0. The van der Waals surface area contributed by atoms with Crippen molar-refractivity contribution in [2.24, 2.45) is 0 Å². The number of hydrogen-bond acceptors (Lipinski definition) is 5. The smallest absolute Gasteiger partial charge is 0.328 e. The van der Waals surface area contributed by atoms with E-state index in [1.807, 2.05) is 13.0 Å². The number of hydrazine groups is 1. The number of aryl methyl sites for hydroxylation is 1. The molecule has 2 aromatic rings. The summed E-state index contributed by atoms with van der Waals surface area (Å²) >= 11 is 5.74. The van der Waals surface area contributed by atoms with Crippen molar-refractivity contribution in [2.45, 2.75) is 19.9 Å². The van der Waals surface area contributed by atoms with Crippen LogP contribution < -0.4 is 16.2 Å². The van der Waals surface area contributed by atoms with E-state index in [1.165, 1.54) is 31.2 Å². The summed E-state index contributed by atoms with van der Waals surface area (Å²) in [5.74, 6) is -2.51. The third-order valence-corrected chi connectivity index (χ3v) is 4.00. The van der Waals surface area contributed by atoms with Crippen LogP contribution in [0.5, 0.6) is 0 Å². The number of carbonyl (C=O) groups excluding carboxylic acids is 4. The van der Waals surface area contributed by atoms with Gasteiger partial charge >= 0.3 is 5.97 Å². The Morgan fingerprint density at radius 2 is 1.66 bits per heavy atom. The summed E-state index contributed by atoms with van der Waals surface area (Å²) in [6, 6.07) is 12.0. The van der Waals surface area contributed by atoms with Crippen molar-refractivity contribution >= 4 is 35.3 Å². The van der Waals surface area contributed by atoms with Gasteiger partial charge in [-0.2, -0.15) is 0 Å². The highest BCUT2D eigenvalue weighted by Crippen LogP contribution is 2.09. The Kier molecular flexibility index (Phi) is 7.73. The normalized spacial score (nSPS) is 11.1. The molecule has 0 aliphatic heterocycles. The number of carbonyl (C=O) groups is 4. The molecule has 29 heavy (non-hydrogen) atoms. The Bertz CT molecular complexity index is 915. The number of amides is 3. The summed E-state index contributed by atoms with van der Waals surface area (Å²) < 4.78 is 4.85. The van der Waals surface area contributed by atoms with Crippen LogP contribution in [0.25, 0.3) is 0 Å². The molecule has 8 nitrogen and oxygen atoms in total. The maximum Gasteiger partial charge on any atom is 0.328 e. The van der Waals surface area contributed by atoms with Crippen molar-refractivity contribution in [1.29, 1.82) is 0 Å². The van der Waals surface area contributed by atoms with E-state index in [4.69, 9.17) is 16.3 Å². The van der Waals surface area contributed by atoms with E-state index in [9.17, 15) is 19.2 Å². The lowest BCUT2D eigenvalue weighted by atomic mass is 10.1. The molecular formula is C20H20ClN3O5. The molecule has 3 N–H and O–H groups in total. The Morgan fingerprint density at radius 3 is 2.31 bits per heavy atom. The number of ether oxygens (including phenoxy) is 1. The Morgan fingerprint density at radius 1 is 0.966 bits per heavy atom. The average molecular weight is 418 g/mol. The van der Waals surface area contributed by atoms with Crippen molar-refractivity contribution in [3.8, 4) is 0 Å². The number of esters is 1. The minimum atomic E-state index is -0.959. The van der Waals surface area contributed by atoms with E-state index < -0.39 is 36.3 Å². The van der Waals surface area contributed by atoms with Crippen LogP contribution in [0.2, 0.25) is 5.02 Å². The van der Waals surface area contributed by atoms with Gasteiger partial charge in [0.1, 0.15) is 6.04 Å². The number of halogens is 1. The summed E-state index contributed by atoms with van der Waals surface area (Å²) in [6.45, 7) is 2.67. The molecule has 0 saturated heterocycles. The molecule has 2 aromatic carbocycles. The van der Waals surface area contributed by atoms with Crippen LogP contribution in [0.15, 0.2) is 48.5 Å². The third-order valence-electron chi connectivity index (χ3n) is 3.75. The van der Waals surface area contributed by atoms with Crippen LogP contribution in [0.1, 0.15) is 33.2 Å². The largest absolute Gasteiger partial charge is 0.454 e. The predicted octanol–water partition coefficient (Wildman–Crippen LogP) is 1.77. The summed E-state index contributed by atoms with van der Waals surface area (Å²) in [4.78, 5) is 47.7. The van der Waals surface area contributed by atoms with Gasteiger partial charge in [0.15, 0.2) is 6.61 Å². The van der Waals surface area contributed by atoms with Gasteiger partial charge in [-0.15, -0.1) is 0 Å². The zero-order valence-corrected chi connectivity index (χ0v) is 16.6. The van der Waals surface area contributed by atoms with Crippen LogP contribution in [0, 0.1) is 6.92 Å². The molecule has 0 fully saturated rings. The summed E-state index contributed by atoms with van der Waals surface area (Å²) in [7, 11) is 0. The fourth-order valence-electron chi connectivity index (χ4n) is 2.22. The van der Waals surface area contributed by atoms with Gasteiger partial charge < -0.3 is 10.1 Å². The standard InChI is InChI=1S/C20H20ClN3O5/c1-12-4-3-5-15(10-12)18(26)22-13(2)20(28)29-11-17(25)23-24-19(27)14-6-8-16(21)9-7-14/h3-10,13H,11H2,1-2H3,(H,22,26)(H,23,25)(H,24,27)/t13-/m0/s1. The lowest BCUT2D eigenvalue weighted by Crippen LogP contribution is -2.45. The maximum atomic E-state index is 12.1. The SMILES string of the molecule is Cc1cccc(C(=O)N[C@@H](C)C(=O)OCC(=O)NNC(=O)c2ccc(Cl)cc2)c1. The van der Waals surface area contributed by atoms with Crippen molar-refractivity contribution < 1.29 is 23.9 Å². The quantitative estimate of drug-likeness (QED) is 0.489. The number of rotatable bonds is 6. The maximum absolute atomic E-state index is 12.1. The molecule has 0 aliphatic rings. The van der Waals surface area contributed by atoms with Gasteiger partial charge in [-0.25, -0.2) is 4.79 Å². The van der Waals surface area contributed by atoms with E-state index >= 15 is 0 Å². The van der Waals surface area contributed by atoms with E-state index in [2.05, 4.69) is 16.2 Å². The molecule has 0 radical (unpaired) electrons. The minimum Gasteiger partial charge on any atom is -0.454 e. The van der Waals surface area contributed by atoms with Gasteiger partial charge in [0.05, 0.1) is 0 Å². The minimum absolute atomic E-state index is 0.291. The first-order valence-corrected chi connectivity index (χ1v) is 9.03. The predicted molar refractivity (Wildman–Crippen MR) is 106 cm³/mol. The lowest BCUT2D eigenvalue weighted by molar-refractivity contribution is -0.150. The van der Waals surface area contributed by atoms with Gasteiger partial charge in [0.25, 0.3) is 17.7 Å². The molecule has 0 bridgehead atoms. The molecule has 152 valence electrons. The van der Waals surface area contributed by atoms with Crippen molar-refractivity contribution in [3.63, 3.8) is 0 Å². The summed E-state index contributed by atoms with van der Waals surface area (Å²) in [5.41, 5.74) is 5.92. The van der Waals surface area contributed by atoms with Crippen molar-refractivity contribution in [3.05, 3.63) is 70.2 Å². The Hall–Kier alpha value is -3.39. The van der Waals surface area contributed by atoms with Gasteiger partial charge in [-0.3, -0.25) is 25.2 Å². The van der Waals surface area contributed by atoms with Crippen molar-refractivity contribution in [1.82, 2.24) is 16.2 Å². The number of hydrogen-bond donors (Lipinski definition) is 3. The van der Waals surface area contributed by atoms with E-state index in [0.29, 0.717) is 16.1 Å². The fraction of sp³-hybridized carbons (Fsp3) is 0.200. The average Bonchev–Trinajstić information content (AvgIpc) is 2.70. The molecule has 0 heterocycles. The molecule has 0 aliphatic carbocycles. The van der Waals surface area contributed by atoms with Crippen LogP contribution in [-0.2, 0) is 14.3 Å². The van der Waals surface area contributed by atoms with Gasteiger partial charge in [0.2, 0.25) is 0 Å². The molecule has 0 unspecified atom stereocenters. The number of benzene rings is 2. The third kappa shape index (κ3) is 6.93. The molecular weight excluding hydrogens is 398 g/mol. The molecule has 2 rings (SSSR count). The zero-order chi connectivity index (χ0) is 21.4. The van der Waals surface area contributed by atoms with Gasteiger partial charge in [-0.1, -0.05) is 29.3 Å². The van der Waals surface area contributed by atoms with Gasteiger partial charge in [0, 0.05) is 16.1 Å². The highest BCUT2D eigenvalue weighted by atomic mass is 35.5. The first-order valence-electron chi connectivity index (χ1n) is 8.65. The highest BCUT2D eigenvalue weighted by Gasteiger charge is 2.19. The van der Waals surface area contributed by atoms with Crippen LogP contribution in [0.3, 0.4) is 0 Å². The van der Waals surface area contributed by atoms with Crippen LogP contribution in [-0.4, -0.2) is 36.3 Å².